The molecule has 0 amide bonds. The van der Waals surface area contributed by atoms with Crippen LogP contribution in [0.3, 0.4) is 0 Å². The average molecular weight is 470 g/mol. The van der Waals surface area contributed by atoms with Crippen molar-refractivity contribution in [2.75, 3.05) is 13.7 Å². The van der Waals surface area contributed by atoms with E-state index in [1.165, 1.54) is 0 Å². The number of rotatable bonds is 5. The van der Waals surface area contributed by atoms with Crippen molar-refractivity contribution in [3.8, 4) is 11.5 Å². The van der Waals surface area contributed by atoms with E-state index in [0.717, 1.165) is 10.0 Å². The molecule has 1 N–H and O–H groups in total. The summed E-state index contributed by atoms with van der Waals surface area (Å²) in [6, 6.07) is 8.55. The van der Waals surface area contributed by atoms with Crippen LogP contribution in [-0.4, -0.2) is 23.7 Å². The van der Waals surface area contributed by atoms with Crippen LogP contribution in [0.1, 0.15) is 18.3 Å². The van der Waals surface area contributed by atoms with Crippen molar-refractivity contribution >= 4 is 61.1 Å². The Morgan fingerprint density at radius 3 is 2.81 bits per heavy atom. The molecule has 0 radical (unpaired) electrons. The molecule has 0 saturated heterocycles. The van der Waals surface area contributed by atoms with Gasteiger partial charge in [-0.05, 0) is 64.8 Å². The number of ether oxygens (including phenoxy) is 2. The SMILES string of the molecule is CCOc1c(Br)cc(/C=C(\Cl)c2nc3ccc(Cl)cc3c(=O)[nH]2)cc1OC. The first-order valence-corrected chi connectivity index (χ1v) is 9.55. The first kappa shape index (κ1) is 19.7. The number of nitrogens with one attached hydrogen (secondary N) is 1. The second-order valence-corrected chi connectivity index (χ2v) is 7.23. The van der Waals surface area contributed by atoms with Gasteiger partial charge in [0.2, 0.25) is 0 Å². The first-order chi connectivity index (χ1) is 12.9. The molecular formula is C19H15BrCl2N2O3. The monoisotopic (exact) mass is 468 g/mol. The third kappa shape index (κ3) is 4.29. The van der Waals surface area contributed by atoms with Gasteiger partial charge < -0.3 is 14.5 Å². The highest BCUT2D eigenvalue weighted by Crippen LogP contribution is 2.37. The highest BCUT2D eigenvalue weighted by molar-refractivity contribution is 9.10. The number of benzene rings is 2. The zero-order chi connectivity index (χ0) is 19.6. The van der Waals surface area contributed by atoms with Gasteiger partial charge in [0, 0.05) is 5.02 Å². The fourth-order valence-electron chi connectivity index (χ4n) is 2.55. The van der Waals surface area contributed by atoms with E-state index < -0.39 is 0 Å². The van der Waals surface area contributed by atoms with Crippen LogP contribution < -0.4 is 15.0 Å². The fraction of sp³-hybridized carbons (Fsp3) is 0.158. The maximum absolute atomic E-state index is 12.3. The Labute approximate surface area is 174 Å². The van der Waals surface area contributed by atoms with Gasteiger partial charge >= 0.3 is 0 Å². The maximum atomic E-state index is 12.3. The smallest absolute Gasteiger partial charge is 0.259 e. The van der Waals surface area contributed by atoms with Crippen LogP contribution in [0.4, 0.5) is 0 Å². The van der Waals surface area contributed by atoms with Crippen LogP contribution in [-0.2, 0) is 0 Å². The van der Waals surface area contributed by atoms with Gasteiger partial charge in [-0.25, -0.2) is 4.98 Å². The molecule has 0 unspecified atom stereocenters. The number of methoxy groups -OCH3 is 1. The number of halogens is 3. The highest BCUT2D eigenvalue weighted by atomic mass is 79.9. The predicted molar refractivity (Wildman–Crippen MR) is 113 cm³/mol. The summed E-state index contributed by atoms with van der Waals surface area (Å²) in [5.74, 6) is 1.44. The van der Waals surface area contributed by atoms with E-state index >= 15 is 0 Å². The Morgan fingerprint density at radius 2 is 2.11 bits per heavy atom. The number of nitrogens with zero attached hydrogens (tertiary/aromatic N) is 1. The molecule has 1 heterocycles. The van der Waals surface area contributed by atoms with E-state index in [0.29, 0.717) is 34.0 Å². The summed E-state index contributed by atoms with van der Waals surface area (Å²) in [7, 11) is 1.56. The van der Waals surface area contributed by atoms with Gasteiger partial charge in [0.05, 0.1) is 34.1 Å². The molecule has 0 saturated carbocycles. The quantitative estimate of drug-likeness (QED) is 0.537. The lowest BCUT2D eigenvalue weighted by molar-refractivity contribution is 0.309. The number of hydrogen-bond acceptors (Lipinski definition) is 4. The lowest BCUT2D eigenvalue weighted by atomic mass is 10.2. The summed E-state index contributed by atoms with van der Waals surface area (Å²) in [5.41, 5.74) is 0.954. The van der Waals surface area contributed by atoms with E-state index in [2.05, 4.69) is 25.9 Å². The Kier molecular flexibility index (Phi) is 6.09. The van der Waals surface area contributed by atoms with Gasteiger partial charge in [0.25, 0.3) is 5.56 Å². The molecule has 0 fully saturated rings. The van der Waals surface area contributed by atoms with E-state index in [1.54, 1.807) is 37.5 Å². The van der Waals surface area contributed by atoms with Gasteiger partial charge in [0.15, 0.2) is 17.3 Å². The van der Waals surface area contributed by atoms with Crippen molar-refractivity contribution in [2.45, 2.75) is 6.92 Å². The number of aromatic amines is 1. The molecule has 2 aromatic carbocycles. The summed E-state index contributed by atoms with van der Waals surface area (Å²) in [4.78, 5) is 19.4. The minimum Gasteiger partial charge on any atom is -0.493 e. The van der Waals surface area contributed by atoms with E-state index in [1.807, 2.05) is 13.0 Å². The Morgan fingerprint density at radius 1 is 1.33 bits per heavy atom. The third-order valence-corrected chi connectivity index (χ3v) is 4.84. The molecule has 0 atom stereocenters. The van der Waals surface area contributed by atoms with Gasteiger partial charge in [-0.1, -0.05) is 23.2 Å². The van der Waals surface area contributed by atoms with Crippen LogP contribution in [0.15, 0.2) is 39.6 Å². The van der Waals surface area contributed by atoms with Crippen LogP contribution in [0.25, 0.3) is 22.0 Å². The van der Waals surface area contributed by atoms with Gasteiger partial charge in [0.1, 0.15) is 0 Å². The van der Waals surface area contributed by atoms with Crippen LogP contribution in [0.5, 0.6) is 11.5 Å². The molecule has 3 rings (SSSR count). The van der Waals surface area contributed by atoms with Crippen LogP contribution >= 0.6 is 39.1 Å². The number of hydrogen-bond donors (Lipinski definition) is 1. The predicted octanol–water partition coefficient (Wildman–Crippen LogP) is 5.48. The fourth-order valence-corrected chi connectivity index (χ4v) is 3.51. The molecule has 8 heteroatoms. The Balaban J connectivity index is 2.05. The molecule has 27 heavy (non-hydrogen) atoms. The van der Waals surface area contributed by atoms with Gasteiger partial charge in [-0.2, -0.15) is 0 Å². The van der Waals surface area contributed by atoms with E-state index in [9.17, 15) is 4.79 Å². The number of H-pyrrole nitrogens is 1. The minimum atomic E-state index is -0.311. The van der Waals surface area contributed by atoms with Gasteiger partial charge in [-0.3, -0.25) is 4.79 Å². The summed E-state index contributed by atoms with van der Waals surface area (Å²) in [5, 5.41) is 1.15. The van der Waals surface area contributed by atoms with Crippen LogP contribution in [0.2, 0.25) is 5.02 Å². The zero-order valence-corrected chi connectivity index (χ0v) is 17.6. The molecule has 5 nitrogen and oxygen atoms in total. The first-order valence-electron chi connectivity index (χ1n) is 8.00. The Hall–Kier alpha value is -2.02. The maximum Gasteiger partial charge on any atom is 0.259 e. The second kappa shape index (κ2) is 8.33. The highest BCUT2D eigenvalue weighted by Gasteiger charge is 2.12. The van der Waals surface area contributed by atoms with Crippen molar-refractivity contribution in [2.24, 2.45) is 0 Å². The third-order valence-electron chi connectivity index (χ3n) is 3.73. The van der Waals surface area contributed by atoms with Crippen LogP contribution in [0, 0.1) is 0 Å². The summed E-state index contributed by atoms with van der Waals surface area (Å²) in [6.07, 6.45) is 1.69. The zero-order valence-electron chi connectivity index (χ0n) is 14.5. The van der Waals surface area contributed by atoms with Crippen molar-refractivity contribution in [3.63, 3.8) is 0 Å². The van der Waals surface area contributed by atoms with E-state index in [-0.39, 0.29) is 16.4 Å². The second-order valence-electron chi connectivity index (χ2n) is 5.54. The number of aromatic nitrogens is 2. The molecule has 0 bridgehead atoms. The largest absolute Gasteiger partial charge is 0.493 e. The normalized spacial score (nSPS) is 11.7. The molecule has 0 aliphatic carbocycles. The minimum absolute atomic E-state index is 0.264. The van der Waals surface area contributed by atoms with Crippen molar-refractivity contribution in [3.05, 3.63) is 61.6 Å². The van der Waals surface area contributed by atoms with Crippen molar-refractivity contribution in [1.29, 1.82) is 0 Å². The molecule has 140 valence electrons. The molecule has 0 spiro atoms. The summed E-state index contributed by atoms with van der Waals surface area (Å²) < 4.78 is 11.7. The van der Waals surface area contributed by atoms with Gasteiger partial charge in [-0.15, -0.1) is 0 Å². The molecule has 3 aromatic rings. The molecule has 1 aromatic heterocycles. The average Bonchev–Trinajstić information content (AvgIpc) is 2.64. The molecule has 0 aliphatic heterocycles. The lowest BCUT2D eigenvalue weighted by Crippen LogP contribution is -2.10. The number of fused-ring (bicyclic) bond motifs is 1. The summed E-state index contributed by atoms with van der Waals surface area (Å²) >= 11 is 15.8. The van der Waals surface area contributed by atoms with Crippen molar-refractivity contribution < 1.29 is 9.47 Å². The van der Waals surface area contributed by atoms with Crippen molar-refractivity contribution in [1.82, 2.24) is 9.97 Å². The standard InChI is InChI=1S/C19H15BrCl2N2O3/c1-3-27-17-13(20)6-10(8-16(17)26-2)7-14(22)18-23-15-5-4-11(21)9-12(15)19(25)24-18/h4-9H,3H2,1-2H3,(H,23,24,25)/b14-7-. The van der Waals surface area contributed by atoms with E-state index in [4.69, 9.17) is 32.7 Å². The molecular weight excluding hydrogens is 455 g/mol. The lowest BCUT2D eigenvalue weighted by Gasteiger charge is -2.12. The Bertz CT molecular complexity index is 1100. The topological polar surface area (TPSA) is 64.2 Å². The molecule has 0 aliphatic rings. The summed E-state index contributed by atoms with van der Waals surface area (Å²) in [6.45, 7) is 2.41.